The minimum absolute atomic E-state index is 0.0641. The molecule has 1 unspecified atom stereocenters. The molecule has 1 atom stereocenters. The fourth-order valence-electron chi connectivity index (χ4n) is 2.35. The molecule has 2 aromatic carbocycles. The smallest absolute Gasteiger partial charge is 0.131 e. The van der Waals surface area contributed by atoms with Crippen molar-refractivity contribution in [2.24, 2.45) is 0 Å². The number of aryl methyl sites for hydroxylation is 2. The summed E-state index contributed by atoms with van der Waals surface area (Å²) in [6, 6.07) is 7.42. The van der Waals surface area contributed by atoms with E-state index >= 15 is 0 Å². The lowest BCUT2D eigenvalue weighted by atomic mass is 10.0. The summed E-state index contributed by atoms with van der Waals surface area (Å²) in [5.41, 5.74) is 3.03. The number of benzene rings is 2. The van der Waals surface area contributed by atoms with Crippen molar-refractivity contribution in [3.05, 3.63) is 63.1 Å². The van der Waals surface area contributed by atoms with Gasteiger partial charge in [-0.05, 0) is 56.2 Å². The van der Waals surface area contributed by atoms with Crippen LogP contribution in [0.3, 0.4) is 0 Å². The van der Waals surface area contributed by atoms with E-state index in [9.17, 15) is 8.78 Å². The summed E-state index contributed by atoms with van der Waals surface area (Å²) in [7, 11) is 0. The van der Waals surface area contributed by atoms with Gasteiger partial charge in [0.05, 0.1) is 6.04 Å². The largest absolute Gasteiger partial charge is 0.378 e. The highest BCUT2D eigenvalue weighted by Crippen LogP contribution is 2.30. The molecular weight excluding hydrogens is 324 g/mol. The van der Waals surface area contributed by atoms with Crippen LogP contribution in [0.25, 0.3) is 0 Å². The Labute approximate surface area is 126 Å². The van der Waals surface area contributed by atoms with Gasteiger partial charge in [-0.3, -0.25) is 0 Å². The maximum atomic E-state index is 13.8. The Hall–Kier alpha value is -1.42. The molecule has 0 aliphatic heterocycles. The van der Waals surface area contributed by atoms with Gasteiger partial charge in [0, 0.05) is 15.7 Å². The fourth-order valence-corrected chi connectivity index (χ4v) is 3.04. The van der Waals surface area contributed by atoms with Gasteiger partial charge < -0.3 is 5.32 Å². The van der Waals surface area contributed by atoms with Crippen LogP contribution in [0, 0.1) is 25.5 Å². The molecule has 0 bridgehead atoms. The molecule has 2 aromatic rings. The lowest BCUT2D eigenvalue weighted by Crippen LogP contribution is -2.12. The van der Waals surface area contributed by atoms with E-state index in [0.29, 0.717) is 0 Å². The van der Waals surface area contributed by atoms with E-state index in [2.05, 4.69) is 21.2 Å². The van der Waals surface area contributed by atoms with Gasteiger partial charge in [0.25, 0.3) is 0 Å². The van der Waals surface area contributed by atoms with Crippen molar-refractivity contribution in [2.45, 2.75) is 26.8 Å². The van der Waals surface area contributed by atoms with E-state index in [0.717, 1.165) is 21.3 Å². The average molecular weight is 340 g/mol. The maximum Gasteiger partial charge on any atom is 0.131 e. The molecule has 4 heteroatoms. The number of hydrogen-bond acceptors (Lipinski definition) is 1. The van der Waals surface area contributed by atoms with Crippen molar-refractivity contribution in [2.75, 3.05) is 5.32 Å². The molecule has 0 heterocycles. The number of anilines is 1. The first-order valence-corrected chi connectivity index (χ1v) is 7.16. The number of halogens is 3. The summed E-state index contributed by atoms with van der Waals surface area (Å²) in [6.07, 6.45) is 0. The van der Waals surface area contributed by atoms with Crippen LogP contribution in [0.5, 0.6) is 0 Å². The molecule has 1 N–H and O–H groups in total. The van der Waals surface area contributed by atoms with E-state index in [4.69, 9.17) is 0 Å². The molecule has 0 radical (unpaired) electrons. The van der Waals surface area contributed by atoms with Gasteiger partial charge in [-0.25, -0.2) is 8.78 Å². The monoisotopic (exact) mass is 339 g/mol. The Morgan fingerprint density at radius 2 is 1.55 bits per heavy atom. The highest BCUT2D eigenvalue weighted by Gasteiger charge is 2.17. The summed E-state index contributed by atoms with van der Waals surface area (Å²) < 4.78 is 28.6. The molecule has 106 valence electrons. The van der Waals surface area contributed by atoms with E-state index in [1.165, 1.54) is 18.2 Å². The Bertz CT molecular complexity index is 597. The predicted octanol–water partition coefficient (Wildman–Crippen LogP) is 5.52. The number of hydrogen-bond donors (Lipinski definition) is 1. The summed E-state index contributed by atoms with van der Waals surface area (Å²) in [4.78, 5) is 0. The van der Waals surface area contributed by atoms with Crippen molar-refractivity contribution < 1.29 is 8.78 Å². The third-order valence-corrected chi connectivity index (χ3v) is 3.75. The molecule has 20 heavy (non-hydrogen) atoms. The first kappa shape index (κ1) is 15.0. The SMILES string of the molecule is Cc1cc(Br)cc(C)c1NC(C)c1c(F)cccc1F. The van der Waals surface area contributed by atoms with Gasteiger partial charge in [-0.15, -0.1) is 0 Å². The Balaban J connectivity index is 2.35. The van der Waals surface area contributed by atoms with Crippen molar-refractivity contribution in [1.82, 2.24) is 0 Å². The molecule has 0 aromatic heterocycles. The van der Waals surface area contributed by atoms with E-state index in [1.54, 1.807) is 6.92 Å². The topological polar surface area (TPSA) is 12.0 Å². The standard InChI is InChI=1S/C16H16BrF2N/c1-9-7-12(17)8-10(2)16(9)20-11(3)15-13(18)5-4-6-14(15)19/h4-8,11,20H,1-3H3. The first-order chi connectivity index (χ1) is 9.40. The lowest BCUT2D eigenvalue weighted by molar-refractivity contribution is 0.544. The van der Waals surface area contributed by atoms with Crippen LogP contribution in [0.4, 0.5) is 14.5 Å². The van der Waals surface area contributed by atoms with Gasteiger partial charge in [0.15, 0.2) is 0 Å². The predicted molar refractivity (Wildman–Crippen MR) is 82.0 cm³/mol. The second kappa shape index (κ2) is 5.92. The molecule has 0 aliphatic carbocycles. The van der Waals surface area contributed by atoms with Crippen molar-refractivity contribution in [1.29, 1.82) is 0 Å². The number of rotatable bonds is 3. The Morgan fingerprint density at radius 3 is 2.05 bits per heavy atom. The Morgan fingerprint density at radius 1 is 1.05 bits per heavy atom. The second-order valence-corrected chi connectivity index (χ2v) is 5.83. The normalized spacial score (nSPS) is 12.3. The van der Waals surface area contributed by atoms with Gasteiger partial charge in [-0.2, -0.15) is 0 Å². The first-order valence-electron chi connectivity index (χ1n) is 6.37. The van der Waals surface area contributed by atoms with Crippen LogP contribution in [-0.4, -0.2) is 0 Å². The third kappa shape index (κ3) is 3.01. The average Bonchev–Trinajstić information content (AvgIpc) is 2.33. The van der Waals surface area contributed by atoms with Gasteiger partial charge in [0.1, 0.15) is 11.6 Å². The summed E-state index contributed by atoms with van der Waals surface area (Å²) in [5, 5.41) is 3.20. The third-order valence-electron chi connectivity index (χ3n) is 3.29. The van der Waals surface area contributed by atoms with Crippen LogP contribution in [0.2, 0.25) is 0 Å². The zero-order valence-electron chi connectivity index (χ0n) is 11.6. The Kier molecular flexibility index (Phi) is 4.43. The molecule has 0 saturated heterocycles. The molecule has 0 saturated carbocycles. The highest BCUT2D eigenvalue weighted by atomic mass is 79.9. The molecule has 0 aliphatic rings. The molecule has 0 fully saturated rings. The molecule has 1 nitrogen and oxygen atoms in total. The summed E-state index contributed by atoms with van der Waals surface area (Å²) in [5.74, 6) is -1.06. The zero-order valence-corrected chi connectivity index (χ0v) is 13.2. The van der Waals surface area contributed by atoms with Crippen molar-refractivity contribution in [3.63, 3.8) is 0 Å². The second-order valence-electron chi connectivity index (χ2n) is 4.92. The minimum atomic E-state index is -0.530. The van der Waals surface area contributed by atoms with Crippen LogP contribution in [0.15, 0.2) is 34.8 Å². The number of nitrogens with one attached hydrogen (secondary N) is 1. The fraction of sp³-hybridized carbons (Fsp3) is 0.250. The van der Waals surface area contributed by atoms with E-state index in [-0.39, 0.29) is 5.56 Å². The van der Waals surface area contributed by atoms with Crippen molar-refractivity contribution in [3.8, 4) is 0 Å². The molecule has 2 rings (SSSR count). The summed E-state index contributed by atoms with van der Waals surface area (Å²) in [6.45, 7) is 5.68. The summed E-state index contributed by atoms with van der Waals surface area (Å²) >= 11 is 3.43. The maximum absolute atomic E-state index is 13.8. The van der Waals surface area contributed by atoms with E-state index < -0.39 is 17.7 Å². The van der Waals surface area contributed by atoms with Crippen molar-refractivity contribution >= 4 is 21.6 Å². The molecule has 0 spiro atoms. The zero-order chi connectivity index (χ0) is 14.9. The van der Waals surface area contributed by atoms with E-state index in [1.807, 2.05) is 26.0 Å². The van der Waals surface area contributed by atoms with Crippen LogP contribution >= 0.6 is 15.9 Å². The highest BCUT2D eigenvalue weighted by molar-refractivity contribution is 9.10. The van der Waals surface area contributed by atoms with Crippen LogP contribution < -0.4 is 5.32 Å². The van der Waals surface area contributed by atoms with Gasteiger partial charge >= 0.3 is 0 Å². The minimum Gasteiger partial charge on any atom is -0.378 e. The van der Waals surface area contributed by atoms with Crippen LogP contribution in [-0.2, 0) is 0 Å². The molecular formula is C16H16BrF2N. The quantitative estimate of drug-likeness (QED) is 0.776. The molecule has 0 amide bonds. The van der Waals surface area contributed by atoms with Gasteiger partial charge in [0.2, 0.25) is 0 Å². The van der Waals surface area contributed by atoms with Crippen LogP contribution in [0.1, 0.15) is 29.7 Å². The lowest BCUT2D eigenvalue weighted by Gasteiger charge is -2.20. The van der Waals surface area contributed by atoms with Gasteiger partial charge in [-0.1, -0.05) is 22.0 Å².